The predicted molar refractivity (Wildman–Crippen MR) is 54.0 cm³/mol. The second-order valence-corrected chi connectivity index (χ2v) is 3.50. The first kappa shape index (κ1) is 10.9. The molecule has 0 heterocycles. The van der Waals surface area contributed by atoms with E-state index in [1.807, 2.05) is 0 Å². The molecule has 5 N–H and O–H groups in total. The minimum Gasteiger partial charge on any atom is -0.398 e. The molecule has 0 saturated carbocycles. The average molecular weight is 198 g/mol. The Balaban J connectivity index is 2.84. The van der Waals surface area contributed by atoms with Gasteiger partial charge in [0.15, 0.2) is 0 Å². The average Bonchev–Trinajstić information content (AvgIpc) is 2.01. The topological polar surface area (TPSA) is 72.3 Å². The minimum absolute atomic E-state index is 0.116. The molecule has 14 heavy (non-hydrogen) atoms. The maximum absolute atomic E-state index is 12.7. The molecule has 0 aliphatic carbocycles. The van der Waals surface area contributed by atoms with Crippen molar-refractivity contribution in [1.29, 1.82) is 0 Å². The van der Waals surface area contributed by atoms with Gasteiger partial charge in [-0.15, -0.1) is 0 Å². The van der Waals surface area contributed by atoms with Crippen molar-refractivity contribution in [2.24, 2.45) is 5.73 Å². The number of nitrogen functional groups attached to an aromatic ring is 1. The molecule has 0 fully saturated rings. The summed E-state index contributed by atoms with van der Waals surface area (Å²) in [6.07, 6.45) is -0.314. The summed E-state index contributed by atoms with van der Waals surface area (Å²) in [5.41, 5.74) is 11.9. The number of hydrogen-bond acceptors (Lipinski definition) is 3. The van der Waals surface area contributed by atoms with Crippen LogP contribution < -0.4 is 11.5 Å². The van der Waals surface area contributed by atoms with E-state index in [1.54, 1.807) is 6.92 Å². The molecule has 1 aromatic rings. The molecule has 3 nitrogen and oxygen atoms in total. The third-order valence-electron chi connectivity index (χ3n) is 2.00. The Hall–Kier alpha value is -1.13. The Morgan fingerprint density at radius 3 is 2.64 bits per heavy atom. The molecule has 1 rings (SSSR count). The van der Waals surface area contributed by atoms with Crippen molar-refractivity contribution < 1.29 is 9.50 Å². The van der Waals surface area contributed by atoms with E-state index in [0.29, 0.717) is 12.0 Å². The van der Waals surface area contributed by atoms with Gasteiger partial charge in [0.1, 0.15) is 5.82 Å². The summed E-state index contributed by atoms with van der Waals surface area (Å²) in [5.74, 6) is -0.403. The number of aliphatic hydroxyl groups excluding tert-OH is 1. The molecule has 0 saturated heterocycles. The largest absolute Gasteiger partial charge is 0.398 e. The Labute approximate surface area is 82.5 Å². The van der Waals surface area contributed by atoms with Crippen molar-refractivity contribution in [2.45, 2.75) is 25.5 Å². The molecule has 0 aliphatic heterocycles. The van der Waals surface area contributed by atoms with Crippen LogP contribution >= 0.6 is 0 Å². The summed E-state index contributed by atoms with van der Waals surface area (Å²) < 4.78 is 12.7. The molecular formula is C10H15FN2O. The van der Waals surface area contributed by atoms with E-state index < -0.39 is 11.9 Å². The SMILES string of the molecule is CC(N)CC(O)c1ccc(F)cc1N. The zero-order valence-electron chi connectivity index (χ0n) is 8.07. The molecular weight excluding hydrogens is 183 g/mol. The monoisotopic (exact) mass is 198 g/mol. The van der Waals surface area contributed by atoms with Gasteiger partial charge in [-0.2, -0.15) is 0 Å². The molecule has 4 heteroatoms. The summed E-state index contributed by atoms with van der Waals surface area (Å²) in [5, 5.41) is 9.68. The van der Waals surface area contributed by atoms with Gasteiger partial charge >= 0.3 is 0 Å². The molecule has 0 radical (unpaired) electrons. The van der Waals surface area contributed by atoms with Crippen molar-refractivity contribution in [3.63, 3.8) is 0 Å². The first-order valence-electron chi connectivity index (χ1n) is 4.49. The van der Waals surface area contributed by atoms with Crippen molar-refractivity contribution in [3.8, 4) is 0 Å². The third kappa shape index (κ3) is 2.68. The molecule has 1 aromatic carbocycles. The van der Waals surface area contributed by atoms with Gasteiger partial charge in [-0.1, -0.05) is 6.07 Å². The summed E-state index contributed by atoms with van der Waals surface area (Å²) in [4.78, 5) is 0. The van der Waals surface area contributed by atoms with Crippen molar-refractivity contribution in [1.82, 2.24) is 0 Å². The van der Waals surface area contributed by atoms with Crippen LogP contribution in [0.25, 0.3) is 0 Å². The number of halogens is 1. The molecule has 0 amide bonds. The van der Waals surface area contributed by atoms with Gasteiger partial charge in [-0.25, -0.2) is 4.39 Å². The van der Waals surface area contributed by atoms with Crippen LogP contribution in [0.5, 0.6) is 0 Å². The van der Waals surface area contributed by atoms with Gasteiger partial charge < -0.3 is 16.6 Å². The van der Waals surface area contributed by atoms with E-state index in [4.69, 9.17) is 11.5 Å². The quantitative estimate of drug-likeness (QED) is 0.638. The zero-order chi connectivity index (χ0) is 10.7. The molecule has 0 bridgehead atoms. The maximum Gasteiger partial charge on any atom is 0.125 e. The fourth-order valence-corrected chi connectivity index (χ4v) is 1.33. The normalized spacial score (nSPS) is 15.1. The van der Waals surface area contributed by atoms with Gasteiger partial charge in [-0.3, -0.25) is 0 Å². The Kier molecular flexibility index (Phi) is 3.43. The first-order chi connectivity index (χ1) is 6.50. The number of rotatable bonds is 3. The van der Waals surface area contributed by atoms with Crippen LogP contribution in [0.15, 0.2) is 18.2 Å². The number of anilines is 1. The molecule has 0 spiro atoms. The lowest BCUT2D eigenvalue weighted by atomic mass is 10.0. The van der Waals surface area contributed by atoms with Gasteiger partial charge in [0.25, 0.3) is 0 Å². The zero-order valence-corrected chi connectivity index (χ0v) is 8.07. The van der Waals surface area contributed by atoms with Gasteiger partial charge in [0.2, 0.25) is 0 Å². The van der Waals surface area contributed by atoms with E-state index >= 15 is 0 Å². The lowest BCUT2D eigenvalue weighted by molar-refractivity contribution is 0.161. The van der Waals surface area contributed by atoms with Crippen molar-refractivity contribution in [3.05, 3.63) is 29.6 Å². The van der Waals surface area contributed by atoms with Crippen LogP contribution in [0.3, 0.4) is 0 Å². The lowest BCUT2D eigenvalue weighted by Gasteiger charge is -2.15. The summed E-state index contributed by atoms with van der Waals surface area (Å²) in [6.45, 7) is 1.79. The number of benzene rings is 1. The second-order valence-electron chi connectivity index (χ2n) is 3.50. The summed E-state index contributed by atoms with van der Waals surface area (Å²) in [6, 6.07) is 3.84. The minimum atomic E-state index is -0.726. The highest BCUT2D eigenvalue weighted by Crippen LogP contribution is 2.24. The van der Waals surface area contributed by atoms with Gasteiger partial charge in [-0.05, 0) is 25.5 Å². The summed E-state index contributed by atoms with van der Waals surface area (Å²) >= 11 is 0. The van der Waals surface area contributed by atoms with E-state index in [0.717, 1.165) is 0 Å². The van der Waals surface area contributed by atoms with Gasteiger partial charge in [0.05, 0.1) is 6.10 Å². The fourth-order valence-electron chi connectivity index (χ4n) is 1.33. The maximum atomic E-state index is 12.7. The smallest absolute Gasteiger partial charge is 0.125 e. The second kappa shape index (κ2) is 4.39. The molecule has 2 unspecified atom stereocenters. The van der Waals surface area contributed by atoms with E-state index in [2.05, 4.69) is 0 Å². The number of nitrogens with two attached hydrogens (primary N) is 2. The highest BCUT2D eigenvalue weighted by Gasteiger charge is 2.13. The van der Waals surface area contributed by atoms with Crippen molar-refractivity contribution >= 4 is 5.69 Å². The van der Waals surface area contributed by atoms with E-state index in [1.165, 1.54) is 18.2 Å². The summed E-state index contributed by atoms with van der Waals surface area (Å²) in [7, 11) is 0. The van der Waals surface area contributed by atoms with E-state index in [-0.39, 0.29) is 11.7 Å². The lowest BCUT2D eigenvalue weighted by Crippen LogP contribution is -2.19. The Bertz CT molecular complexity index is 315. The van der Waals surface area contributed by atoms with Crippen LogP contribution in [0.1, 0.15) is 25.0 Å². The van der Waals surface area contributed by atoms with Gasteiger partial charge in [0, 0.05) is 17.3 Å². The van der Waals surface area contributed by atoms with Crippen molar-refractivity contribution in [2.75, 3.05) is 5.73 Å². The van der Waals surface area contributed by atoms with Crippen LogP contribution in [-0.2, 0) is 0 Å². The number of aliphatic hydroxyl groups is 1. The molecule has 2 atom stereocenters. The predicted octanol–water partition coefficient (Wildman–Crippen LogP) is 1.18. The van der Waals surface area contributed by atoms with E-state index in [9.17, 15) is 9.50 Å². The molecule has 0 aromatic heterocycles. The Morgan fingerprint density at radius 1 is 1.50 bits per heavy atom. The first-order valence-corrected chi connectivity index (χ1v) is 4.49. The molecule has 78 valence electrons. The highest BCUT2D eigenvalue weighted by atomic mass is 19.1. The van der Waals surface area contributed by atoms with Crippen LogP contribution in [-0.4, -0.2) is 11.1 Å². The fraction of sp³-hybridized carbons (Fsp3) is 0.400. The Morgan fingerprint density at radius 2 is 2.14 bits per heavy atom. The molecule has 0 aliphatic rings. The van der Waals surface area contributed by atoms with Crippen LogP contribution in [0, 0.1) is 5.82 Å². The third-order valence-corrected chi connectivity index (χ3v) is 2.00. The standard InChI is InChI=1S/C10H15FN2O/c1-6(12)4-10(14)8-3-2-7(11)5-9(8)13/h2-3,5-6,10,14H,4,12-13H2,1H3. The van der Waals surface area contributed by atoms with Crippen LogP contribution in [0.2, 0.25) is 0 Å². The van der Waals surface area contributed by atoms with Crippen LogP contribution in [0.4, 0.5) is 10.1 Å². The highest BCUT2D eigenvalue weighted by molar-refractivity contribution is 5.48. The number of hydrogen-bond donors (Lipinski definition) is 3.